The van der Waals surface area contributed by atoms with E-state index < -0.39 is 11.9 Å². The Bertz CT molecular complexity index is 694. The third-order valence-corrected chi connectivity index (χ3v) is 3.25. The van der Waals surface area contributed by atoms with Gasteiger partial charge in [-0.3, -0.25) is 4.98 Å². The topological polar surface area (TPSA) is 118 Å². The maximum Gasteiger partial charge on any atom is 0.414 e. The summed E-state index contributed by atoms with van der Waals surface area (Å²) in [5.74, 6) is -2.11. The molecule has 0 spiro atoms. The van der Waals surface area contributed by atoms with Gasteiger partial charge in [-0.2, -0.15) is 0 Å². The van der Waals surface area contributed by atoms with E-state index in [9.17, 15) is 0 Å². The van der Waals surface area contributed by atoms with Gasteiger partial charge in [0.25, 0.3) is 0 Å². The van der Waals surface area contributed by atoms with Crippen LogP contribution in [0.15, 0.2) is 42.6 Å². The third-order valence-electron chi connectivity index (χ3n) is 3.25. The number of carbonyl (C=O) groups is 2. The van der Waals surface area contributed by atoms with Gasteiger partial charge in [-0.05, 0) is 42.8 Å². The van der Waals surface area contributed by atoms with E-state index in [1.54, 1.807) is 14.2 Å². The zero-order valence-electron chi connectivity index (χ0n) is 14.6. The number of pyridine rings is 1. The van der Waals surface area contributed by atoms with Crippen molar-refractivity contribution in [2.75, 3.05) is 20.8 Å². The smallest absolute Gasteiger partial charge is 0.414 e. The Morgan fingerprint density at radius 2 is 1.73 bits per heavy atom. The van der Waals surface area contributed by atoms with Crippen LogP contribution < -0.4 is 14.8 Å². The number of methoxy groups -OCH3 is 2. The molecule has 0 unspecified atom stereocenters. The summed E-state index contributed by atoms with van der Waals surface area (Å²) >= 11 is 0. The second-order valence-electron chi connectivity index (χ2n) is 5.05. The zero-order valence-corrected chi connectivity index (χ0v) is 14.6. The highest BCUT2D eigenvalue weighted by Gasteiger charge is 2.04. The number of hydrogen-bond acceptors (Lipinski definition) is 6. The molecule has 3 N–H and O–H groups in total. The second-order valence-corrected chi connectivity index (χ2v) is 5.05. The minimum absolute atomic E-state index is 0.762. The molecule has 0 bridgehead atoms. The number of aromatic nitrogens is 1. The van der Waals surface area contributed by atoms with E-state index in [4.69, 9.17) is 29.3 Å². The van der Waals surface area contributed by atoms with Gasteiger partial charge in [0.2, 0.25) is 0 Å². The molecule has 0 aliphatic carbocycles. The molecule has 2 aromatic rings. The average Bonchev–Trinajstić information content (AvgIpc) is 2.66. The normalized spacial score (nSPS) is 9.62. The monoisotopic (exact) mass is 362 g/mol. The molecule has 8 nitrogen and oxygen atoms in total. The van der Waals surface area contributed by atoms with Crippen molar-refractivity contribution in [1.82, 2.24) is 10.3 Å². The number of ether oxygens (including phenoxy) is 2. The summed E-state index contributed by atoms with van der Waals surface area (Å²) in [4.78, 5) is 22.5. The standard InChI is InChI=1S/C16H20N2O2.C2H2O4/c1-19-15-7-6-13(11-16(15)20-2)8-10-17-12-14-5-3-4-9-18-14;3-1(4)2(5)6/h3-7,9,11,17H,8,10,12H2,1-2H3;(H,3,4)(H,5,6). The Labute approximate surface area is 151 Å². The van der Waals surface area contributed by atoms with Crippen molar-refractivity contribution in [3.63, 3.8) is 0 Å². The van der Waals surface area contributed by atoms with E-state index >= 15 is 0 Å². The van der Waals surface area contributed by atoms with Gasteiger partial charge in [-0.15, -0.1) is 0 Å². The molecule has 1 aromatic heterocycles. The lowest BCUT2D eigenvalue weighted by molar-refractivity contribution is -0.159. The Morgan fingerprint density at radius 3 is 2.27 bits per heavy atom. The maximum absolute atomic E-state index is 9.10. The van der Waals surface area contributed by atoms with Gasteiger partial charge in [0.15, 0.2) is 11.5 Å². The van der Waals surface area contributed by atoms with Crippen molar-refractivity contribution in [2.45, 2.75) is 13.0 Å². The average molecular weight is 362 g/mol. The van der Waals surface area contributed by atoms with Crippen LogP contribution in [0, 0.1) is 0 Å². The van der Waals surface area contributed by atoms with Crippen molar-refractivity contribution >= 4 is 11.9 Å². The molecule has 0 amide bonds. The van der Waals surface area contributed by atoms with E-state index in [1.807, 2.05) is 36.5 Å². The van der Waals surface area contributed by atoms with Crippen molar-refractivity contribution < 1.29 is 29.3 Å². The molecule has 26 heavy (non-hydrogen) atoms. The Morgan fingerprint density at radius 1 is 1.04 bits per heavy atom. The molecule has 2 rings (SSSR count). The predicted molar refractivity (Wildman–Crippen MR) is 94.5 cm³/mol. The predicted octanol–water partition coefficient (Wildman–Crippen LogP) is 1.59. The summed E-state index contributed by atoms with van der Waals surface area (Å²) in [6.07, 6.45) is 2.75. The number of benzene rings is 1. The third kappa shape index (κ3) is 7.63. The number of hydrogen-bond donors (Lipinski definition) is 3. The second kappa shape index (κ2) is 11.4. The first-order valence-corrected chi connectivity index (χ1v) is 7.75. The molecule has 1 heterocycles. The number of rotatable bonds is 7. The Kier molecular flexibility index (Phi) is 9.19. The van der Waals surface area contributed by atoms with Crippen LogP contribution in [-0.2, 0) is 22.6 Å². The van der Waals surface area contributed by atoms with Crippen LogP contribution in [0.3, 0.4) is 0 Å². The van der Waals surface area contributed by atoms with Crippen molar-refractivity contribution in [1.29, 1.82) is 0 Å². The number of nitrogens with zero attached hydrogens (tertiary/aromatic N) is 1. The summed E-state index contributed by atoms with van der Waals surface area (Å²) < 4.78 is 10.5. The molecule has 0 aliphatic heterocycles. The van der Waals surface area contributed by atoms with Crippen LogP contribution in [-0.4, -0.2) is 47.9 Å². The van der Waals surface area contributed by atoms with Gasteiger partial charge >= 0.3 is 11.9 Å². The van der Waals surface area contributed by atoms with Crippen LogP contribution >= 0.6 is 0 Å². The van der Waals surface area contributed by atoms with Crippen molar-refractivity contribution in [2.24, 2.45) is 0 Å². The zero-order chi connectivity index (χ0) is 19.4. The summed E-state index contributed by atoms with van der Waals surface area (Å²) in [6.45, 7) is 1.68. The molecular weight excluding hydrogens is 340 g/mol. The van der Waals surface area contributed by atoms with Crippen molar-refractivity contribution in [3.05, 3.63) is 53.9 Å². The van der Waals surface area contributed by atoms with Crippen LogP contribution in [0.4, 0.5) is 0 Å². The SMILES string of the molecule is COc1ccc(CCNCc2ccccn2)cc1OC.O=C(O)C(=O)O. The fourth-order valence-corrected chi connectivity index (χ4v) is 1.99. The maximum atomic E-state index is 9.10. The minimum Gasteiger partial charge on any atom is -0.493 e. The van der Waals surface area contributed by atoms with Gasteiger partial charge in [-0.25, -0.2) is 9.59 Å². The van der Waals surface area contributed by atoms with E-state index in [0.717, 1.165) is 36.7 Å². The highest BCUT2D eigenvalue weighted by Crippen LogP contribution is 2.27. The van der Waals surface area contributed by atoms with E-state index in [0.29, 0.717) is 0 Å². The lowest BCUT2D eigenvalue weighted by Crippen LogP contribution is -2.17. The molecule has 140 valence electrons. The van der Waals surface area contributed by atoms with Crippen LogP contribution in [0.25, 0.3) is 0 Å². The van der Waals surface area contributed by atoms with E-state index in [1.165, 1.54) is 5.56 Å². The highest BCUT2D eigenvalue weighted by molar-refractivity contribution is 6.27. The first-order valence-electron chi connectivity index (χ1n) is 7.75. The van der Waals surface area contributed by atoms with Crippen molar-refractivity contribution in [3.8, 4) is 11.5 Å². The minimum atomic E-state index is -1.82. The summed E-state index contributed by atoms with van der Waals surface area (Å²) in [5.41, 5.74) is 2.27. The van der Waals surface area contributed by atoms with E-state index in [2.05, 4.69) is 16.4 Å². The molecule has 0 saturated heterocycles. The van der Waals surface area contributed by atoms with Crippen LogP contribution in [0.5, 0.6) is 11.5 Å². The molecule has 0 fully saturated rings. The number of nitrogens with one attached hydrogen (secondary N) is 1. The Hall–Kier alpha value is -3.13. The molecule has 8 heteroatoms. The van der Waals surface area contributed by atoms with Gasteiger partial charge in [0.05, 0.1) is 19.9 Å². The van der Waals surface area contributed by atoms with Gasteiger partial charge in [-0.1, -0.05) is 12.1 Å². The quantitative estimate of drug-likeness (QED) is 0.502. The fourth-order valence-electron chi connectivity index (χ4n) is 1.99. The molecule has 1 aromatic carbocycles. The summed E-state index contributed by atoms with van der Waals surface area (Å²) in [7, 11) is 3.30. The van der Waals surface area contributed by atoms with Gasteiger partial charge in [0.1, 0.15) is 0 Å². The fraction of sp³-hybridized carbons (Fsp3) is 0.278. The molecule has 0 atom stereocenters. The number of carboxylic acid groups (broad SMARTS) is 2. The van der Waals surface area contributed by atoms with Crippen LogP contribution in [0.1, 0.15) is 11.3 Å². The molecule has 0 aliphatic rings. The first kappa shape index (κ1) is 20.9. The summed E-state index contributed by atoms with van der Waals surface area (Å²) in [5, 5.41) is 18.2. The van der Waals surface area contributed by atoms with Gasteiger partial charge < -0.3 is 25.0 Å². The first-order chi connectivity index (χ1) is 12.5. The molecule has 0 radical (unpaired) electrons. The Balaban J connectivity index is 0.000000487. The summed E-state index contributed by atoms with van der Waals surface area (Å²) in [6, 6.07) is 12.0. The van der Waals surface area contributed by atoms with E-state index in [-0.39, 0.29) is 0 Å². The molecular formula is C18H22N2O6. The molecule has 0 saturated carbocycles. The largest absolute Gasteiger partial charge is 0.493 e. The van der Waals surface area contributed by atoms with Gasteiger partial charge in [0, 0.05) is 12.7 Å². The number of carboxylic acids is 2. The lowest BCUT2D eigenvalue weighted by atomic mass is 10.1. The highest BCUT2D eigenvalue weighted by atomic mass is 16.5. The van der Waals surface area contributed by atoms with Crippen LogP contribution in [0.2, 0.25) is 0 Å². The lowest BCUT2D eigenvalue weighted by Gasteiger charge is -2.10. The number of aliphatic carboxylic acids is 2.